The van der Waals surface area contributed by atoms with Gasteiger partial charge < -0.3 is 10.2 Å². The molecule has 134 valence electrons. The molecule has 25 heavy (non-hydrogen) atoms. The third kappa shape index (κ3) is 4.67. The van der Waals surface area contributed by atoms with Crippen molar-refractivity contribution in [3.05, 3.63) is 27.9 Å². The average molecular weight is 378 g/mol. The maximum Gasteiger partial charge on any atom is 0.226 e. The lowest BCUT2D eigenvalue weighted by atomic mass is 10.0. The number of thiophene rings is 1. The van der Waals surface area contributed by atoms with E-state index in [1.165, 1.54) is 0 Å². The van der Waals surface area contributed by atoms with E-state index >= 15 is 0 Å². The van der Waals surface area contributed by atoms with Crippen molar-refractivity contribution in [2.24, 2.45) is 5.92 Å². The summed E-state index contributed by atoms with van der Waals surface area (Å²) < 4.78 is 0. The first-order valence-electron chi connectivity index (χ1n) is 8.58. The fourth-order valence-electron chi connectivity index (χ4n) is 2.96. The van der Waals surface area contributed by atoms with Crippen molar-refractivity contribution in [3.63, 3.8) is 0 Å². The van der Waals surface area contributed by atoms with Gasteiger partial charge in [0, 0.05) is 41.4 Å². The second-order valence-corrected chi connectivity index (χ2v) is 8.29. The summed E-state index contributed by atoms with van der Waals surface area (Å²) in [5.41, 5.74) is 1.93. The fraction of sp³-hybridized carbons (Fsp3) is 0.500. The Balaban J connectivity index is 1.47. The van der Waals surface area contributed by atoms with E-state index in [0.29, 0.717) is 6.42 Å². The minimum absolute atomic E-state index is 0.0100. The van der Waals surface area contributed by atoms with E-state index in [-0.39, 0.29) is 23.8 Å². The Morgan fingerprint density at radius 3 is 2.72 bits per heavy atom. The highest BCUT2D eigenvalue weighted by Crippen LogP contribution is 2.25. The van der Waals surface area contributed by atoms with Crippen LogP contribution in [0.25, 0.3) is 10.6 Å². The molecule has 5 nitrogen and oxygen atoms in total. The van der Waals surface area contributed by atoms with Crippen molar-refractivity contribution < 1.29 is 9.59 Å². The lowest BCUT2D eigenvalue weighted by Crippen LogP contribution is -2.47. The molecule has 7 heteroatoms. The zero-order valence-electron chi connectivity index (χ0n) is 14.5. The highest BCUT2D eigenvalue weighted by molar-refractivity contribution is 7.14. The number of amides is 2. The molecule has 0 aliphatic carbocycles. The normalized spacial score (nSPS) is 15.6. The van der Waals surface area contributed by atoms with Gasteiger partial charge in [0.1, 0.15) is 5.01 Å². The topological polar surface area (TPSA) is 62.3 Å². The molecule has 2 aromatic heterocycles. The molecule has 1 fully saturated rings. The molecule has 0 unspecified atom stereocenters. The van der Waals surface area contributed by atoms with Crippen molar-refractivity contribution in [1.29, 1.82) is 0 Å². The van der Waals surface area contributed by atoms with Crippen LogP contribution < -0.4 is 5.32 Å². The summed E-state index contributed by atoms with van der Waals surface area (Å²) in [5.74, 6) is 0.247. The molecule has 1 saturated heterocycles. The van der Waals surface area contributed by atoms with Crippen molar-refractivity contribution in [2.75, 3.05) is 13.1 Å². The number of hydrogen-bond acceptors (Lipinski definition) is 5. The second kappa shape index (κ2) is 8.10. The van der Waals surface area contributed by atoms with Gasteiger partial charge in [-0.05, 0) is 24.3 Å². The van der Waals surface area contributed by atoms with Gasteiger partial charge in [0.15, 0.2) is 0 Å². The van der Waals surface area contributed by atoms with Crippen molar-refractivity contribution >= 4 is 34.5 Å². The van der Waals surface area contributed by atoms with Gasteiger partial charge in [0.25, 0.3) is 0 Å². The highest BCUT2D eigenvalue weighted by atomic mass is 32.1. The molecule has 1 aliphatic heterocycles. The zero-order valence-corrected chi connectivity index (χ0v) is 16.2. The molecule has 3 heterocycles. The van der Waals surface area contributed by atoms with Crippen molar-refractivity contribution in [1.82, 2.24) is 15.2 Å². The Bertz CT molecular complexity index is 717. The number of piperidine rings is 1. The number of carbonyl (C=O) groups excluding carboxylic acids is 2. The molecule has 0 radical (unpaired) electrons. The van der Waals surface area contributed by atoms with Crippen LogP contribution in [-0.2, 0) is 16.0 Å². The van der Waals surface area contributed by atoms with Crippen LogP contribution in [0.1, 0.15) is 32.4 Å². The first-order chi connectivity index (χ1) is 12.0. The van der Waals surface area contributed by atoms with Crippen LogP contribution in [-0.4, -0.2) is 40.8 Å². The van der Waals surface area contributed by atoms with Crippen LogP contribution in [0, 0.1) is 5.92 Å². The summed E-state index contributed by atoms with van der Waals surface area (Å²) in [6.07, 6.45) is 1.95. The van der Waals surface area contributed by atoms with E-state index in [0.717, 1.165) is 42.2 Å². The number of thiazole rings is 1. The zero-order chi connectivity index (χ0) is 17.8. The van der Waals surface area contributed by atoms with Gasteiger partial charge >= 0.3 is 0 Å². The quantitative estimate of drug-likeness (QED) is 0.870. The van der Waals surface area contributed by atoms with Crippen molar-refractivity contribution in [3.8, 4) is 10.6 Å². The Hall–Kier alpha value is -1.73. The Labute approximate surface area is 156 Å². The van der Waals surface area contributed by atoms with Crippen LogP contribution in [0.15, 0.2) is 22.2 Å². The summed E-state index contributed by atoms with van der Waals surface area (Å²) >= 11 is 3.22. The minimum Gasteiger partial charge on any atom is -0.353 e. The number of nitrogens with zero attached hydrogens (tertiary/aromatic N) is 2. The van der Waals surface area contributed by atoms with Gasteiger partial charge in [0.05, 0.1) is 12.1 Å². The van der Waals surface area contributed by atoms with E-state index in [2.05, 4.69) is 15.7 Å². The molecular formula is C18H23N3O2S2. The van der Waals surface area contributed by atoms with E-state index in [1.807, 2.05) is 35.6 Å². The predicted molar refractivity (Wildman–Crippen MR) is 102 cm³/mol. The molecule has 1 N–H and O–H groups in total. The summed E-state index contributed by atoms with van der Waals surface area (Å²) in [6, 6.07) is 2.19. The highest BCUT2D eigenvalue weighted by Gasteiger charge is 2.25. The molecular weight excluding hydrogens is 354 g/mol. The van der Waals surface area contributed by atoms with Crippen molar-refractivity contribution in [2.45, 2.75) is 39.2 Å². The number of carbonyl (C=O) groups is 2. The number of nitrogens with one attached hydrogen (secondary N) is 1. The molecule has 0 atom stereocenters. The Kier molecular flexibility index (Phi) is 5.86. The first-order valence-corrected chi connectivity index (χ1v) is 10.4. The third-order valence-corrected chi connectivity index (χ3v) is 5.95. The standard InChI is InChI=1S/C18H23N3O2S2/c1-12(2)18(23)21-6-3-14(4-7-21)19-16(22)9-15-11-25-17(20-15)13-5-8-24-10-13/h5,8,10-12,14H,3-4,6-7,9H2,1-2H3,(H,19,22). The summed E-state index contributed by atoms with van der Waals surface area (Å²) in [5, 5.41) is 10.1. The lowest BCUT2D eigenvalue weighted by molar-refractivity contribution is -0.135. The van der Waals surface area contributed by atoms with Gasteiger partial charge in [-0.1, -0.05) is 13.8 Å². The average Bonchev–Trinajstić information content (AvgIpc) is 3.26. The molecule has 0 spiro atoms. The molecule has 0 aromatic carbocycles. The molecule has 0 bridgehead atoms. The molecule has 3 rings (SSSR count). The van der Waals surface area contributed by atoms with Gasteiger partial charge in [-0.15, -0.1) is 11.3 Å². The minimum atomic E-state index is 0.0100. The summed E-state index contributed by atoms with van der Waals surface area (Å²) in [6.45, 7) is 5.30. The van der Waals surface area contributed by atoms with Crippen LogP contribution in [0.3, 0.4) is 0 Å². The van der Waals surface area contributed by atoms with Gasteiger partial charge in [-0.2, -0.15) is 11.3 Å². The maximum atomic E-state index is 12.3. The molecule has 1 aliphatic rings. The van der Waals surface area contributed by atoms with Crippen LogP contribution in [0.5, 0.6) is 0 Å². The summed E-state index contributed by atoms with van der Waals surface area (Å²) in [4.78, 5) is 30.7. The summed E-state index contributed by atoms with van der Waals surface area (Å²) in [7, 11) is 0. The SMILES string of the molecule is CC(C)C(=O)N1CCC(NC(=O)Cc2csc(-c3ccsc3)n2)CC1. The van der Waals surface area contributed by atoms with Gasteiger partial charge in [-0.3, -0.25) is 9.59 Å². The van der Waals surface area contributed by atoms with E-state index < -0.39 is 0 Å². The Morgan fingerprint density at radius 1 is 1.32 bits per heavy atom. The number of aromatic nitrogens is 1. The predicted octanol–water partition coefficient (Wildman–Crippen LogP) is 3.18. The number of hydrogen-bond donors (Lipinski definition) is 1. The third-order valence-electron chi connectivity index (χ3n) is 4.33. The molecule has 0 saturated carbocycles. The van der Waals surface area contributed by atoms with Gasteiger partial charge in [0.2, 0.25) is 11.8 Å². The van der Waals surface area contributed by atoms with Crippen LogP contribution in [0.4, 0.5) is 0 Å². The maximum absolute atomic E-state index is 12.3. The largest absolute Gasteiger partial charge is 0.353 e. The monoisotopic (exact) mass is 377 g/mol. The Morgan fingerprint density at radius 2 is 2.08 bits per heavy atom. The number of rotatable bonds is 5. The van der Waals surface area contributed by atoms with E-state index in [1.54, 1.807) is 22.7 Å². The van der Waals surface area contributed by atoms with E-state index in [9.17, 15) is 9.59 Å². The molecule has 2 amide bonds. The second-order valence-electron chi connectivity index (χ2n) is 6.65. The van der Waals surface area contributed by atoms with E-state index in [4.69, 9.17) is 0 Å². The van der Waals surface area contributed by atoms with Crippen LogP contribution in [0.2, 0.25) is 0 Å². The molecule has 2 aromatic rings. The fourth-order valence-corrected chi connectivity index (χ4v) is 4.49. The van der Waals surface area contributed by atoms with Crippen LogP contribution >= 0.6 is 22.7 Å². The first kappa shape index (κ1) is 18.1. The lowest BCUT2D eigenvalue weighted by Gasteiger charge is -2.33. The number of likely N-dealkylation sites (tertiary alicyclic amines) is 1. The van der Waals surface area contributed by atoms with Gasteiger partial charge in [-0.25, -0.2) is 4.98 Å². The smallest absolute Gasteiger partial charge is 0.226 e.